The van der Waals surface area contributed by atoms with Crippen LogP contribution in [0.2, 0.25) is 0 Å². The Balaban J connectivity index is 1.49. The second kappa shape index (κ2) is 10.5. The Morgan fingerprint density at radius 1 is 1.16 bits per heavy atom. The lowest BCUT2D eigenvalue weighted by atomic mass is 10.1. The van der Waals surface area contributed by atoms with E-state index in [1.807, 2.05) is 0 Å². The maximum atomic E-state index is 12.7. The Hall–Kier alpha value is -3.74. The molecule has 0 aromatic carbocycles. The van der Waals surface area contributed by atoms with Gasteiger partial charge in [-0.25, -0.2) is 14.8 Å². The number of aliphatic carboxylic acids is 1. The van der Waals surface area contributed by atoms with E-state index in [4.69, 9.17) is 5.73 Å². The molecule has 3 amide bonds. The fourth-order valence-electron chi connectivity index (χ4n) is 3.58. The van der Waals surface area contributed by atoms with Crippen LogP contribution in [0.15, 0.2) is 25.0 Å². The number of aromatic nitrogens is 4. The van der Waals surface area contributed by atoms with Crippen molar-refractivity contribution in [2.24, 2.45) is 5.73 Å². The summed E-state index contributed by atoms with van der Waals surface area (Å²) in [5.74, 6) is -2.71. The van der Waals surface area contributed by atoms with Crippen LogP contribution in [0, 0.1) is 0 Å². The van der Waals surface area contributed by atoms with E-state index < -0.39 is 42.5 Å². The highest BCUT2D eigenvalue weighted by Crippen LogP contribution is 2.19. The van der Waals surface area contributed by atoms with Crippen LogP contribution in [0.5, 0.6) is 0 Å². The van der Waals surface area contributed by atoms with Gasteiger partial charge in [0.15, 0.2) is 0 Å². The number of carbonyl (C=O) groups is 4. The molecule has 2 aromatic rings. The van der Waals surface area contributed by atoms with E-state index in [2.05, 4.69) is 30.6 Å². The Kier molecular flexibility index (Phi) is 7.54. The summed E-state index contributed by atoms with van der Waals surface area (Å²) in [7, 11) is 0. The molecule has 3 atom stereocenters. The third-order valence-electron chi connectivity index (χ3n) is 5.19. The standard InChI is InChI=1S/C19H26N8O5/c20-13(4-11-6-21-9-24-11)18(30)27-3-1-2-15(27)17(29)23-8-16(28)26-14(19(31)32)5-12-7-22-10-25-12/h6-7,9-10,13-15H,1-5,8,20H2,(H,21,24)(H,22,25)(H,23,29)(H,26,28)(H,31,32). The van der Waals surface area contributed by atoms with Gasteiger partial charge in [-0.3, -0.25) is 14.4 Å². The van der Waals surface area contributed by atoms with Crippen LogP contribution in [-0.4, -0.2) is 84.8 Å². The van der Waals surface area contributed by atoms with Crippen LogP contribution in [0.4, 0.5) is 0 Å². The summed E-state index contributed by atoms with van der Waals surface area (Å²) in [5, 5.41) is 14.2. The molecule has 32 heavy (non-hydrogen) atoms. The molecule has 3 heterocycles. The van der Waals surface area contributed by atoms with Crippen molar-refractivity contribution in [1.29, 1.82) is 0 Å². The third-order valence-corrected chi connectivity index (χ3v) is 5.19. The number of rotatable bonds is 10. The molecular weight excluding hydrogens is 420 g/mol. The average molecular weight is 446 g/mol. The number of amides is 3. The number of nitrogens with two attached hydrogens (primary N) is 1. The van der Waals surface area contributed by atoms with Crippen molar-refractivity contribution in [3.8, 4) is 0 Å². The van der Waals surface area contributed by atoms with Crippen LogP contribution in [-0.2, 0) is 32.0 Å². The summed E-state index contributed by atoms with van der Waals surface area (Å²) in [5.41, 5.74) is 7.28. The summed E-state index contributed by atoms with van der Waals surface area (Å²) in [6.07, 6.45) is 7.32. The number of likely N-dealkylation sites (tertiary alicyclic amines) is 1. The van der Waals surface area contributed by atoms with Crippen molar-refractivity contribution < 1.29 is 24.3 Å². The molecule has 3 unspecified atom stereocenters. The number of carboxylic acid groups (broad SMARTS) is 1. The fraction of sp³-hybridized carbons (Fsp3) is 0.474. The number of aromatic amines is 2. The molecule has 1 aliphatic heterocycles. The first-order valence-electron chi connectivity index (χ1n) is 10.2. The second-order valence-corrected chi connectivity index (χ2v) is 7.53. The number of nitrogens with one attached hydrogen (secondary N) is 4. The number of hydrogen-bond acceptors (Lipinski definition) is 7. The first kappa shape index (κ1) is 22.9. The lowest BCUT2D eigenvalue weighted by Gasteiger charge is -2.26. The first-order valence-corrected chi connectivity index (χ1v) is 10.2. The minimum absolute atomic E-state index is 0.0220. The molecule has 0 spiro atoms. The predicted octanol–water partition coefficient (Wildman–Crippen LogP) is -2.08. The number of carbonyl (C=O) groups excluding carboxylic acids is 3. The van der Waals surface area contributed by atoms with Crippen molar-refractivity contribution in [2.75, 3.05) is 13.1 Å². The number of H-pyrrole nitrogens is 2. The summed E-state index contributed by atoms with van der Waals surface area (Å²) < 4.78 is 0. The van der Waals surface area contributed by atoms with Crippen LogP contribution in [0.1, 0.15) is 24.2 Å². The summed E-state index contributed by atoms with van der Waals surface area (Å²) in [4.78, 5) is 63.7. The SMILES string of the molecule is NC(Cc1cnc[nH]1)C(=O)N1CCCC1C(=O)NCC(=O)NC(Cc1cnc[nH]1)C(=O)O. The zero-order valence-electron chi connectivity index (χ0n) is 17.3. The van der Waals surface area contributed by atoms with E-state index in [1.54, 1.807) is 6.20 Å². The van der Waals surface area contributed by atoms with Gasteiger partial charge in [-0.15, -0.1) is 0 Å². The average Bonchev–Trinajstić information content (AvgIpc) is 3.53. The van der Waals surface area contributed by atoms with E-state index >= 15 is 0 Å². The minimum Gasteiger partial charge on any atom is -0.480 e. The van der Waals surface area contributed by atoms with E-state index in [-0.39, 0.29) is 18.7 Å². The predicted molar refractivity (Wildman–Crippen MR) is 110 cm³/mol. The molecular formula is C19H26N8O5. The largest absolute Gasteiger partial charge is 0.480 e. The first-order chi connectivity index (χ1) is 15.3. The van der Waals surface area contributed by atoms with E-state index in [9.17, 15) is 24.3 Å². The molecule has 172 valence electrons. The molecule has 1 aliphatic rings. The van der Waals surface area contributed by atoms with Crippen LogP contribution < -0.4 is 16.4 Å². The molecule has 13 heteroatoms. The van der Waals surface area contributed by atoms with Gasteiger partial charge >= 0.3 is 5.97 Å². The number of carboxylic acids is 1. The van der Waals surface area contributed by atoms with Crippen molar-refractivity contribution in [3.63, 3.8) is 0 Å². The summed E-state index contributed by atoms with van der Waals surface area (Å²) in [6.45, 7) is -0.0185. The van der Waals surface area contributed by atoms with Gasteiger partial charge in [0.2, 0.25) is 17.7 Å². The Bertz CT molecular complexity index is 930. The highest BCUT2D eigenvalue weighted by atomic mass is 16.4. The lowest BCUT2D eigenvalue weighted by molar-refractivity contribution is -0.142. The van der Waals surface area contributed by atoms with E-state index in [1.165, 1.54) is 23.8 Å². The van der Waals surface area contributed by atoms with Gasteiger partial charge in [0.05, 0.1) is 25.2 Å². The van der Waals surface area contributed by atoms with E-state index in [0.29, 0.717) is 30.8 Å². The Labute approximate surface area is 183 Å². The Morgan fingerprint density at radius 2 is 1.81 bits per heavy atom. The van der Waals surface area contributed by atoms with Gasteiger partial charge in [0.25, 0.3) is 0 Å². The second-order valence-electron chi connectivity index (χ2n) is 7.53. The van der Waals surface area contributed by atoms with Gasteiger partial charge in [-0.1, -0.05) is 0 Å². The quantitative estimate of drug-likeness (QED) is 0.239. The molecule has 1 fully saturated rings. The molecule has 2 aromatic heterocycles. The molecule has 3 rings (SSSR count). The maximum absolute atomic E-state index is 12.7. The molecule has 7 N–H and O–H groups in total. The molecule has 0 bridgehead atoms. The molecule has 0 saturated carbocycles. The summed E-state index contributed by atoms with van der Waals surface area (Å²) >= 11 is 0. The number of nitrogens with zero attached hydrogens (tertiary/aromatic N) is 3. The van der Waals surface area contributed by atoms with E-state index in [0.717, 1.165) is 0 Å². The smallest absolute Gasteiger partial charge is 0.326 e. The molecule has 13 nitrogen and oxygen atoms in total. The van der Waals surface area contributed by atoms with Gasteiger partial charge in [0, 0.05) is 43.2 Å². The number of imidazole rings is 2. The van der Waals surface area contributed by atoms with Crippen LogP contribution in [0.3, 0.4) is 0 Å². The number of hydrogen-bond donors (Lipinski definition) is 6. The topological polar surface area (TPSA) is 199 Å². The Morgan fingerprint density at radius 3 is 2.41 bits per heavy atom. The minimum atomic E-state index is -1.21. The van der Waals surface area contributed by atoms with Crippen molar-refractivity contribution in [3.05, 3.63) is 36.4 Å². The summed E-state index contributed by atoms with van der Waals surface area (Å²) in [6, 6.07) is -2.74. The monoisotopic (exact) mass is 446 g/mol. The highest BCUT2D eigenvalue weighted by Gasteiger charge is 2.36. The van der Waals surface area contributed by atoms with Crippen molar-refractivity contribution in [1.82, 2.24) is 35.5 Å². The zero-order chi connectivity index (χ0) is 23.1. The normalized spacial score (nSPS) is 17.5. The van der Waals surface area contributed by atoms with Crippen LogP contribution >= 0.6 is 0 Å². The maximum Gasteiger partial charge on any atom is 0.326 e. The van der Waals surface area contributed by atoms with Gasteiger partial charge in [0.1, 0.15) is 12.1 Å². The molecule has 0 aliphatic carbocycles. The van der Waals surface area contributed by atoms with Crippen molar-refractivity contribution >= 4 is 23.7 Å². The van der Waals surface area contributed by atoms with Crippen LogP contribution in [0.25, 0.3) is 0 Å². The van der Waals surface area contributed by atoms with Gasteiger partial charge in [-0.2, -0.15) is 0 Å². The lowest BCUT2D eigenvalue weighted by Crippen LogP contribution is -2.53. The fourth-order valence-corrected chi connectivity index (χ4v) is 3.58. The zero-order valence-corrected chi connectivity index (χ0v) is 17.3. The van der Waals surface area contributed by atoms with Gasteiger partial charge in [-0.05, 0) is 12.8 Å². The van der Waals surface area contributed by atoms with Crippen molar-refractivity contribution in [2.45, 2.75) is 43.8 Å². The van der Waals surface area contributed by atoms with Gasteiger partial charge < -0.3 is 36.3 Å². The molecule has 1 saturated heterocycles. The highest BCUT2D eigenvalue weighted by molar-refractivity contribution is 5.93. The molecule has 0 radical (unpaired) electrons. The third kappa shape index (κ3) is 5.91.